The Kier molecular flexibility index (Phi) is 5.96. The van der Waals surface area contributed by atoms with E-state index in [-0.39, 0.29) is 12.1 Å². The highest BCUT2D eigenvalue weighted by Gasteiger charge is 2.29. The Morgan fingerprint density at radius 1 is 1.50 bits per heavy atom. The van der Waals surface area contributed by atoms with Gasteiger partial charge >= 0.3 is 12.0 Å². The topological polar surface area (TPSA) is 93.8 Å². The lowest BCUT2D eigenvalue weighted by molar-refractivity contribution is -0.144. The highest BCUT2D eigenvalue weighted by Crippen LogP contribution is 2.29. The average Bonchev–Trinajstić information content (AvgIpc) is 2.64. The standard InChI is InChI=1S/C14H21N3O3/c1-4-5-6-7-11-9(2)13(20-10(3)18)8-12(11)16-17-14(15)19/h5-6,13H,4,7-8H2,1-3H3,(H3,15,17,19)/b6-5-,16-12?/t13-/m1/s1. The number of allylic oxidation sites excluding steroid dienone is 3. The number of urea groups is 1. The van der Waals surface area contributed by atoms with E-state index in [2.05, 4.69) is 23.5 Å². The van der Waals surface area contributed by atoms with Crippen LogP contribution < -0.4 is 11.2 Å². The molecule has 0 spiro atoms. The average molecular weight is 279 g/mol. The third-order valence-corrected chi connectivity index (χ3v) is 3.02. The van der Waals surface area contributed by atoms with E-state index < -0.39 is 6.03 Å². The Morgan fingerprint density at radius 2 is 2.20 bits per heavy atom. The Labute approximate surface area is 118 Å². The number of carbonyl (C=O) groups is 2. The molecule has 1 aliphatic rings. The molecule has 0 unspecified atom stereocenters. The molecule has 0 saturated carbocycles. The van der Waals surface area contributed by atoms with Crippen LogP contribution in [0.2, 0.25) is 0 Å². The van der Waals surface area contributed by atoms with E-state index in [0.717, 1.165) is 17.6 Å². The van der Waals surface area contributed by atoms with Crippen LogP contribution in [-0.2, 0) is 9.53 Å². The van der Waals surface area contributed by atoms with Crippen LogP contribution in [0.4, 0.5) is 4.79 Å². The normalized spacial score (nSPS) is 20.8. The first kappa shape index (κ1) is 15.9. The molecule has 110 valence electrons. The zero-order valence-electron chi connectivity index (χ0n) is 12.1. The van der Waals surface area contributed by atoms with Crippen molar-refractivity contribution in [1.82, 2.24) is 5.43 Å². The number of nitrogens with one attached hydrogen (secondary N) is 1. The van der Waals surface area contributed by atoms with E-state index in [4.69, 9.17) is 10.5 Å². The molecule has 0 aromatic carbocycles. The molecule has 1 rings (SSSR count). The third kappa shape index (κ3) is 4.53. The second-order valence-corrected chi connectivity index (χ2v) is 4.58. The zero-order chi connectivity index (χ0) is 15.1. The quantitative estimate of drug-likeness (QED) is 0.458. The molecule has 3 N–H and O–H groups in total. The Balaban J connectivity index is 2.93. The number of esters is 1. The number of hydrazone groups is 1. The van der Waals surface area contributed by atoms with Gasteiger partial charge in [-0.3, -0.25) is 4.79 Å². The summed E-state index contributed by atoms with van der Waals surface area (Å²) < 4.78 is 5.25. The largest absolute Gasteiger partial charge is 0.458 e. The SMILES string of the molecule is CC/C=C\CC1=C(C)[C@H](OC(C)=O)CC1=NNC(N)=O. The number of carbonyl (C=O) groups excluding carboxylic acids is 2. The molecule has 0 aromatic rings. The van der Waals surface area contributed by atoms with Gasteiger partial charge in [-0.15, -0.1) is 0 Å². The van der Waals surface area contributed by atoms with Crippen molar-refractivity contribution in [3.8, 4) is 0 Å². The van der Waals surface area contributed by atoms with Crippen molar-refractivity contribution >= 4 is 17.7 Å². The van der Waals surface area contributed by atoms with Gasteiger partial charge in [0.2, 0.25) is 0 Å². The number of primary amides is 1. The maximum Gasteiger partial charge on any atom is 0.332 e. The van der Waals surface area contributed by atoms with E-state index in [0.29, 0.717) is 18.6 Å². The Bertz CT molecular complexity index is 478. The Hall–Kier alpha value is -2.11. The summed E-state index contributed by atoms with van der Waals surface area (Å²) in [5.74, 6) is -0.332. The molecule has 2 amide bonds. The van der Waals surface area contributed by atoms with Crippen LogP contribution in [0.15, 0.2) is 28.4 Å². The molecule has 0 heterocycles. The summed E-state index contributed by atoms with van der Waals surface area (Å²) in [6, 6.07) is -0.713. The van der Waals surface area contributed by atoms with Gasteiger partial charge in [-0.2, -0.15) is 5.10 Å². The first-order chi connectivity index (χ1) is 9.45. The summed E-state index contributed by atoms with van der Waals surface area (Å²) >= 11 is 0. The predicted octanol–water partition coefficient (Wildman–Crippen LogP) is 2.02. The van der Waals surface area contributed by atoms with Gasteiger partial charge in [0.05, 0.1) is 5.71 Å². The summed E-state index contributed by atoms with van der Waals surface area (Å²) in [6.07, 6.45) is 5.88. The third-order valence-electron chi connectivity index (χ3n) is 3.02. The van der Waals surface area contributed by atoms with Crippen molar-refractivity contribution in [2.75, 3.05) is 0 Å². The molecule has 20 heavy (non-hydrogen) atoms. The minimum atomic E-state index is -0.713. The molecule has 0 fully saturated rings. The first-order valence-corrected chi connectivity index (χ1v) is 6.59. The molecule has 1 atom stereocenters. The van der Waals surface area contributed by atoms with E-state index in [9.17, 15) is 9.59 Å². The van der Waals surface area contributed by atoms with Crippen molar-refractivity contribution in [2.45, 2.75) is 46.1 Å². The van der Waals surface area contributed by atoms with E-state index in [1.807, 2.05) is 13.0 Å². The summed E-state index contributed by atoms with van der Waals surface area (Å²) in [6.45, 7) is 5.34. The lowest BCUT2D eigenvalue weighted by Gasteiger charge is -2.11. The van der Waals surface area contributed by atoms with Crippen LogP contribution in [0.5, 0.6) is 0 Å². The van der Waals surface area contributed by atoms with Gasteiger partial charge in [0.25, 0.3) is 0 Å². The van der Waals surface area contributed by atoms with Crippen LogP contribution in [-0.4, -0.2) is 23.8 Å². The first-order valence-electron chi connectivity index (χ1n) is 6.59. The van der Waals surface area contributed by atoms with E-state index in [1.54, 1.807) is 0 Å². The summed E-state index contributed by atoms with van der Waals surface area (Å²) in [5.41, 5.74) is 9.89. The lowest BCUT2D eigenvalue weighted by atomic mass is 10.1. The van der Waals surface area contributed by atoms with Gasteiger partial charge in [0.1, 0.15) is 6.10 Å². The van der Waals surface area contributed by atoms with E-state index in [1.165, 1.54) is 6.92 Å². The van der Waals surface area contributed by atoms with Crippen LogP contribution >= 0.6 is 0 Å². The number of nitrogens with zero attached hydrogens (tertiary/aromatic N) is 1. The van der Waals surface area contributed by atoms with Gasteiger partial charge < -0.3 is 10.5 Å². The molecule has 6 nitrogen and oxygen atoms in total. The van der Waals surface area contributed by atoms with Gasteiger partial charge in [0.15, 0.2) is 0 Å². The molecule has 1 aliphatic carbocycles. The molecule has 0 radical (unpaired) electrons. The fourth-order valence-corrected chi connectivity index (χ4v) is 2.09. The number of rotatable bonds is 5. The molecule has 0 saturated heterocycles. The van der Waals surface area contributed by atoms with Gasteiger partial charge in [0, 0.05) is 13.3 Å². The molecule has 6 heteroatoms. The van der Waals surface area contributed by atoms with Crippen molar-refractivity contribution in [3.63, 3.8) is 0 Å². The van der Waals surface area contributed by atoms with Crippen LogP contribution in [0, 0.1) is 0 Å². The van der Waals surface area contributed by atoms with Crippen molar-refractivity contribution < 1.29 is 14.3 Å². The smallest absolute Gasteiger partial charge is 0.332 e. The number of hydrogen-bond donors (Lipinski definition) is 2. The summed E-state index contributed by atoms with van der Waals surface area (Å²) in [5, 5.41) is 4.00. The molecule has 0 aliphatic heterocycles. The maximum absolute atomic E-state index is 11.1. The number of ether oxygens (including phenoxy) is 1. The predicted molar refractivity (Wildman–Crippen MR) is 77.1 cm³/mol. The lowest BCUT2D eigenvalue weighted by Crippen LogP contribution is -2.26. The number of nitrogens with two attached hydrogens (primary N) is 1. The zero-order valence-corrected chi connectivity index (χ0v) is 12.1. The molecular weight excluding hydrogens is 258 g/mol. The maximum atomic E-state index is 11.1. The Morgan fingerprint density at radius 3 is 2.75 bits per heavy atom. The second-order valence-electron chi connectivity index (χ2n) is 4.58. The van der Waals surface area contributed by atoms with Gasteiger partial charge in [-0.1, -0.05) is 19.1 Å². The summed E-state index contributed by atoms with van der Waals surface area (Å²) in [7, 11) is 0. The van der Waals surface area contributed by atoms with Gasteiger partial charge in [-0.25, -0.2) is 10.2 Å². The van der Waals surface area contributed by atoms with Crippen molar-refractivity contribution in [2.24, 2.45) is 10.8 Å². The number of hydrogen-bond acceptors (Lipinski definition) is 4. The highest BCUT2D eigenvalue weighted by molar-refractivity contribution is 6.04. The van der Waals surface area contributed by atoms with E-state index >= 15 is 0 Å². The van der Waals surface area contributed by atoms with Crippen LogP contribution in [0.3, 0.4) is 0 Å². The monoisotopic (exact) mass is 279 g/mol. The van der Waals surface area contributed by atoms with Crippen LogP contribution in [0.25, 0.3) is 0 Å². The minimum Gasteiger partial charge on any atom is -0.458 e. The molecule has 0 aromatic heterocycles. The van der Waals surface area contributed by atoms with Crippen molar-refractivity contribution in [3.05, 3.63) is 23.3 Å². The van der Waals surface area contributed by atoms with Gasteiger partial charge in [-0.05, 0) is 30.9 Å². The molecular formula is C14H21N3O3. The fourth-order valence-electron chi connectivity index (χ4n) is 2.09. The minimum absolute atomic E-state index is 0.314. The number of amides is 2. The highest BCUT2D eigenvalue weighted by atomic mass is 16.5. The summed E-state index contributed by atoms with van der Waals surface area (Å²) in [4.78, 5) is 21.8. The second kappa shape index (κ2) is 7.47. The van der Waals surface area contributed by atoms with Crippen molar-refractivity contribution in [1.29, 1.82) is 0 Å². The molecule has 0 bridgehead atoms. The van der Waals surface area contributed by atoms with Crippen LogP contribution in [0.1, 0.15) is 40.0 Å². The fraction of sp³-hybridized carbons (Fsp3) is 0.500.